The molecule has 2 aromatic heterocycles. The van der Waals surface area contributed by atoms with Gasteiger partial charge in [-0.15, -0.1) is 0 Å². The number of thiocarbonyl (C=S) groups is 1. The number of rotatable bonds is 5. The molecule has 3 heterocycles. The number of nitrogens with zero attached hydrogens (tertiary/aromatic N) is 3. The number of thioether (sulfide) groups is 1. The van der Waals surface area contributed by atoms with Gasteiger partial charge in [0.15, 0.2) is 4.32 Å². The smallest absolute Gasteiger partial charge is 0.285 e. The van der Waals surface area contributed by atoms with Gasteiger partial charge in [-0.05, 0) is 55.0 Å². The van der Waals surface area contributed by atoms with Crippen molar-refractivity contribution in [3.05, 3.63) is 80.9 Å². The molecule has 0 radical (unpaired) electrons. The van der Waals surface area contributed by atoms with Crippen LogP contribution in [-0.2, 0) is 4.79 Å². The van der Waals surface area contributed by atoms with E-state index >= 15 is 0 Å². The van der Waals surface area contributed by atoms with Gasteiger partial charge < -0.3 is 4.42 Å². The molecule has 1 N–H and O–H groups in total. The standard InChI is InChI=1S/C22H14N4O4S3/c1-12-6-8-14(16(10-12)26(28)29)17-9-7-13(30-17)11-19-20(27)25(22(31)33-19)24-21-23-15-4-2-3-5-18(15)32-21/h2-11H,1H3,(H,23,24). The van der Waals surface area contributed by atoms with Gasteiger partial charge in [0.2, 0.25) is 5.13 Å². The van der Waals surface area contributed by atoms with Crippen LogP contribution >= 0.6 is 35.3 Å². The number of fused-ring (bicyclic) bond motifs is 1. The summed E-state index contributed by atoms with van der Waals surface area (Å²) in [6.45, 7) is 1.79. The van der Waals surface area contributed by atoms with Crippen molar-refractivity contribution in [3.8, 4) is 11.3 Å². The number of aryl methyl sites for hydroxylation is 1. The molecule has 1 aliphatic heterocycles. The van der Waals surface area contributed by atoms with E-state index in [9.17, 15) is 14.9 Å². The maximum atomic E-state index is 12.9. The molecule has 1 aliphatic rings. The van der Waals surface area contributed by atoms with E-state index in [1.54, 1.807) is 37.3 Å². The number of amides is 1. The fraction of sp³-hybridized carbons (Fsp3) is 0.0455. The lowest BCUT2D eigenvalue weighted by atomic mass is 10.1. The van der Waals surface area contributed by atoms with Gasteiger partial charge in [0.1, 0.15) is 11.5 Å². The van der Waals surface area contributed by atoms with Gasteiger partial charge in [0, 0.05) is 12.1 Å². The Hall–Kier alpha value is -3.54. The van der Waals surface area contributed by atoms with Gasteiger partial charge in [-0.1, -0.05) is 41.3 Å². The average molecular weight is 495 g/mol. The van der Waals surface area contributed by atoms with Crippen LogP contribution in [0.15, 0.2) is 63.9 Å². The van der Waals surface area contributed by atoms with Crippen LogP contribution in [0.2, 0.25) is 0 Å². The van der Waals surface area contributed by atoms with Gasteiger partial charge in [0.25, 0.3) is 11.6 Å². The molecule has 4 aromatic rings. The Morgan fingerprint density at radius 3 is 2.82 bits per heavy atom. The number of hydrogen-bond acceptors (Lipinski definition) is 9. The number of furan rings is 1. The van der Waals surface area contributed by atoms with Gasteiger partial charge >= 0.3 is 0 Å². The molecule has 1 amide bonds. The molecule has 164 valence electrons. The van der Waals surface area contributed by atoms with Crippen LogP contribution in [0, 0.1) is 17.0 Å². The van der Waals surface area contributed by atoms with Crippen LogP contribution in [0.1, 0.15) is 11.3 Å². The van der Waals surface area contributed by atoms with Gasteiger partial charge in [-0.3, -0.25) is 20.3 Å². The van der Waals surface area contributed by atoms with Crippen LogP contribution in [-0.4, -0.2) is 25.1 Å². The summed E-state index contributed by atoms with van der Waals surface area (Å²) in [6, 6.07) is 15.9. The summed E-state index contributed by atoms with van der Waals surface area (Å²) in [6.07, 6.45) is 1.57. The van der Waals surface area contributed by atoms with Crippen molar-refractivity contribution in [2.75, 3.05) is 5.43 Å². The number of nitrogens with one attached hydrogen (secondary N) is 1. The number of aromatic nitrogens is 1. The molecule has 0 aliphatic carbocycles. The molecule has 8 nitrogen and oxygen atoms in total. The normalized spacial score (nSPS) is 15.1. The molecular formula is C22H14N4O4S3. The van der Waals surface area contributed by atoms with Crippen LogP contribution in [0.5, 0.6) is 0 Å². The van der Waals surface area contributed by atoms with E-state index in [2.05, 4.69) is 10.4 Å². The Bertz CT molecular complexity index is 1440. The van der Waals surface area contributed by atoms with Gasteiger partial charge in [-0.2, -0.15) is 5.01 Å². The van der Waals surface area contributed by atoms with Crippen LogP contribution < -0.4 is 5.43 Å². The maximum absolute atomic E-state index is 12.9. The summed E-state index contributed by atoms with van der Waals surface area (Å²) < 4.78 is 7.13. The topological polar surface area (TPSA) is 102 Å². The minimum Gasteiger partial charge on any atom is -0.456 e. The summed E-state index contributed by atoms with van der Waals surface area (Å²) in [5.74, 6) is 0.403. The lowest BCUT2D eigenvalue weighted by Crippen LogP contribution is -2.33. The van der Waals surface area contributed by atoms with Crippen LogP contribution in [0.4, 0.5) is 10.8 Å². The summed E-state index contributed by atoms with van der Waals surface area (Å²) in [4.78, 5) is 28.8. The highest BCUT2D eigenvalue weighted by molar-refractivity contribution is 8.26. The Kier molecular flexibility index (Phi) is 5.44. The molecule has 0 unspecified atom stereocenters. The largest absolute Gasteiger partial charge is 0.456 e. The predicted molar refractivity (Wildman–Crippen MR) is 134 cm³/mol. The van der Waals surface area contributed by atoms with E-state index in [1.165, 1.54) is 22.4 Å². The third kappa shape index (κ3) is 4.13. The highest BCUT2D eigenvalue weighted by atomic mass is 32.2. The Morgan fingerprint density at radius 1 is 1.21 bits per heavy atom. The minimum absolute atomic E-state index is 0.0396. The number of carbonyl (C=O) groups is 1. The molecule has 0 bridgehead atoms. The number of hydrogen-bond donors (Lipinski definition) is 1. The van der Waals surface area contributed by atoms with Gasteiger partial charge in [0.05, 0.1) is 25.6 Å². The molecular weight excluding hydrogens is 480 g/mol. The third-order valence-corrected chi connectivity index (χ3v) is 7.05. The van der Waals surface area contributed by atoms with E-state index in [0.29, 0.717) is 31.4 Å². The molecule has 2 aromatic carbocycles. The zero-order valence-electron chi connectivity index (χ0n) is 17.0. The molecule has 11 heteroatoms. The molecule has 0 saturated carbocycles. The van der Waals surface area contributed by atoms with E-state index in [-0.39, 0.29) is 11.6 Å². The van der Waals surface area contributed by atoms with Crippen LogP contribution in [0.25, 0.3) is 27.6 Å². The number of carbonyl (C=O) groups excluding carboxylic acids is 1. The number of hydrazine groups is 1. The number of nitro groups is 1. The second-order valence-corrected chi connectivity index (χ2v) is 9.80. The summed E-state index contributed by atoms with van der Waals surface area (Å²) in [7, 11) is 0. The zero-order valence-corrected chi connectivity index (χ0v) is 19.4. The molecule has 0 spiro atoms. The Balaban J connectivity index is 1.38. The summed E-state index contributed by atoms with van der Waals surface area (Å²) >= 11 is 7.92. The van der Waals surface area contributed by atoms with Crippen molar-refractivity contribution in [1.29, 1.82) is 0 Å². The number of anilines is 1. The van der Waals surface area contributed by atoms with Crippen molar-refractivity contribution in [3.63, 3.8) is 0 Å². The third-order valence-electron chi connectivity index (χ3n) is 4.81. The molecule has 1 saturated heterocycles. The van der Waals surface area contributed by atoms with Crippen molar-refractivity contribution < 1.29 is 14.1 Å². The number of para-hydroxylation sites is 1. The number of benzene rings is 2. The maximum Gasteiger partial charge on any atom is 0.285 e. The van der Waals surface area contributed by atoms with E-state index < -0.39 is 4.92 Å². The average Bonchev–Trinajstić information content (AvgIpc) is 3.48. The first-order valence-corrected chi connectivity index (χ1v) is 11.7. The second kappa shape index (κ2) is 8.43. The minimum atomic E-state index is -0.441. The molecule has 1 fully saturated rings. The van der Waals surface area contributed by atoms with Crippen molar-refractivity contribution >= 4 is 72.7 Å². The van der Waals surface area contributed by atoms with Crippen LogP contribution in [0.3, 0.4) is 0 Å². The van der Waals surface area contributed by atoms with Gasteiger partial charge in [-0.25, -0.2) is 4.98 Å². The van der Waals surface area contributed by atoms with Crippen molar-refractivity contribution in [2.45, 2.75) is 6.92 Å². The van der Waals surface area contributed by atoms with Crippen molar-refractivity contribution in [2.24, 2.45) is 0 Å². The first kappa shape index (κ1) is 21.3. The molecule has 0 atom stereocenters. The molecule has 5 rings (SSSR count). The highest BCUT2D eigenvalue weighted by Gasteiger charge is 2.33. The van der Waals surface area contributed by atoms with E-state index in [4.69, 9.17) is 16.6 Å². The summed E-state index contributed by atoms with van der Waals surface area (Å²) in [5, 5.41) is 13.3. The number of thiazole rings is 1. The first-order chi connectivity index (χ1) is 15.9. The zero-order chi connectivity index (χ0) is 23.1. The lowest BCUT2D eigenvalue weighted by Gasteiger charge is -2.14. The first-order valence-electron chi connectivity index (χ1n) is 9.64. The number of nitro benzene ring substituents is 1. The molecule has 33 heavy (non-hydrogen) atoms. The van der Waals surface area contributed by atoms with E-state index in [0.717, 1.165) is 27.5 Å². The highest BCUT2D eigenvalue weighted by Crippen LogP contribution is 2.36. The van der Waals surface area contributed by atoms with Crippen molar-refractivity contribution in [1.82, 2.24) is 9.99 Å². The van der Waals surface area contributed by atoms with E-state index in [1.807, 2.05) is 24.3 Å². The fourth-order valence-electron chi connectivity index (χ4n) is 3.29. The fourth-order valence-corrected chi connectivity index (χ4v) is 5.30. The Morgan fingerprint density at radius 2 is 2.03 bits per heavy atom. The monoisotopic (exact) mass is 494 g/mol. The quantitative estimate of drug-likeness (QED) is 0.156. The SMILES string of the molecule is Cc1ccc(-c2ccc(C=C3SC(=S)N(Nc4nc5ccccc5s4)C3=O)o2)c([N+](=O)[O-])c1. The lowest BCUT2D eigenvalue weighted by molar-refractivity contribution is -0.384. The predicted octanol–water partition coefficient (Wildman–Crippen LogP) is 6.00. The summed E-state index contributed by atoms with van der Waals surface area (Å²) in [5.41, 5.74) is 4.93. The second-order valence-electron chi connectivity index (χ2n) is 7.10. The Labute approximate surface area is 201 Å².